The Morgan fingerprint density at radius 1 is 1.17 bits per heavy atom. The molecule has 0 bridgehead atoms. The number of anilines is 2. The molecular weight excluding hydrogens is 304 g/mol. The van der Waals surface area contributed by atoms with Crippen LogP contribution in [-0.2, 0) is 6.42 Å². The van der Waals surface area contributed by atoms with Crippen molar-refractivity contribution in [2.45, 2.75) is 13.3 Å². The van der Waals surface area contributed by atoms with Crippen molar-refractivity contribution in [3.8, 4) is 0 Å². The van der Waals surface area contributed by atoms with E-state index in [1.54, 1.807) is 10.7 Å². The molecule has 4 heterocycles. The van der Waals surface area contributed by atoms with Gasteiger partial charge in [-0.25, -0.2) is 19.5 Å². The topological polar surface area (TPSA) is 97.3 Å². The van der Waals surface area contributed by atoms with Gasteiger partial charge in [0.25, 0.3) is 0 Å². The Bertz CT molecular complexity index is 866. The summed E-state index contributed by atoms with van der Waals surface area (Å²) in [7, 11) is 0. The summed E-state index contributed by atoms with van der Waals surface area (Å²) >= 11 is 0. The first kappa shape index (κ1) is 14.8. The number of nitrogens with zero attached hydrogens (tertiary/aromatic N) is 6. The Labute approximate surface area is 139 Å². The summed E-state index contributed by atoms with van der Waals surface area (Å²) < 4.78 is 1.74. The van der Waals surface area contributed by atoms with Crippen molar-refractivity contribution in [2.24, 2.45) is 0 Å². The number of rotatable bonds is 3. The smallest absolute Gasteiger partial charge is 0.196 e. The average molecular weight is 324 g/mol. The normalized spacial score (nSPS) is 15.1. The lowest BCUT2D eigenvalue weighted by Gasteiger charge is -2.29. The number of fused-ring (bicyclic) bond motifs is 1. The van der Waals surface area contributed by atoms with Gasteiger partial charge in [-0.05, 0) is 18.1 Å². The van der Waals surface area contributed by atoms with Crippen LogP contribution in [0.3, 0.4) is 0 Å². The third kappa shape index (κ3) is 2.65. The van der Waals surface area contributed by atoms with Gasteiger partial charge < -0.3 is 16.0 Å². The summed E-state index contributed by atoms with van der Waals surface area (Å²) in [6, 6.07) is 2.19. The highest BCUT2D eigenvalue weighted by Crippen LogP contribution is 2.20. The largest absolute Gasteiger partial charge is 0.381 e. The minimum absolute atomic E-state index is 0.389. The molecule has 0 amide bonds. The molecule has 4 rings (SSSR count). The lowest BCUT2D eigenvalue weighted by atomic mass is 10.1. The van der Waals surface area contributed by atoms with Gasteiger partial charge in [-0.2, -0.15) is 5.10 Å². The molecule has 3 aromatic rings. The summed E-state index contributed by atoms with van der Waals surface area (Å²) in [5.41, 5.74) is 9.71. The Kier molecular flexibility index (Phi) is 3.73. The molecule has 1 saturated heterocycles. The molecule has 0 saturated carbocycles. The molecule has 3 N–H and O–H groups in total. The lowest BCUT2D eigenvalue weighted by molar-refractivity contribution is 0.584. The van der Waals surface area contributed by atoms with Crippen molar-refractivity contribution < 1.29 is 0 Å². The maximum atomic E-state index is 5.83. The zero-order valence-corrected chi connectivity index (χ0v) is 13.6. The second-order valence-electron chi connectivity index (χ2n) is 6.03. The van der Waals surface area contributed by atoms with E-state index < -0.39 is 0 Å². The van der Waals surface area contributed by atoms with Crippen molar-refractivity contribution in [3.05, 3.63) is 41.6 Å². The molecule has 0 aromatic carbocycles. The highest BCUT2D eigenvalue weighted by Gasteiger charge is 2.15. The average Bonchev–Trinajstić information content (AvgIpc) is 3.00. The third-order valence-electron chi connectivity index (χ3n) is 4.31. The maximum absolute atomic E-state index is 5.83. The molecule has 0 spiro atoms. The van der Waals surface area contributed by atoms with E-state index in [0.717, 1.165) is 43.3 Å². The Morgan fingerprint density at radius 2 is 2.00 bits per heavy atom. The summed E-state index contributed by atoms with van der Waals surface area (Å²) in [4.78, 5) is 15.3. The number of piperazine rings is 1. The van der Waals surface area contributed by atoms with Gasteiger partial charge in [0, 0.05) is 38.8 Å². The van der Waals surface area contributed by atoms with Gasteiger partial charge in [-0.3, -0.25) is 0 Å². The first-order chi connectivity index (χ1) is 11.7. The van der Waals surface area contributed by atoms with Crippen molar-refractivity contribution in [1.82, 2.24) is 29.9 Å². The number of aromatic nitrogens is 5. The fourth-order valence-electron chi connectivity index (χ4n) is 3.14. The molecule has 8 heteroatoms. The van der Waals surface area contributed by atoms with Crippen molar-refractivity contribution >= 4 is 17.3 Å². The van der Waals surface area contributed by atoms with E-state index in [1.807, 2.05) is 6.20 Å². The van der Waals surface area contributed by atoms with Crippen LogP contribution in [0.25, 0.3) is 5.65 Å². The van der Waals surface area contributed by atoms with Gasteiger partial charge in [-0.15, -0.1) is 0 Å². The van der Waals surface area contributed by atoms with Crippen molar-refractivity contribution in [3.63, 3.8) is 0 Å². The summed E-state index contributed by atoms with van der Waals surface area (Å²) in [5, 5.41) is 7.60. The van der Waals surface area contributed by atoms with Gasteiger partial charge in [0.2, 0.25) is 0 Å². The van der Waals surface area contributed by atoms with Gasteiger partial charge >= 0.3 is 0 Å². The summed E-state index contributed by atoms with van der Waals surface area (Å²) in [6.07, 6.45) is 5.88. The molecule has 1 aliphatic rings. The third-order valence-corrected chi connectivity index (χ3v) is 4.31. The molecule has 3 aromatic heterocycles. The van der Waals surface area contributed by atoms with Crippen LogP contribution in [0.5, 0.6) is 0 Å². The number of nitrogens with two attached hydrogens (primary N) is 1. The molecule has 0 radical (unpaired) electrons. The fraction of sp³-hybridized carbons (Fsp3) is 0.375. The minimum atomic E-state index is 0.389. The van der Waals surface area contributed by atoms with Crippen molar-refractivity contribution in [1.29, 1.82) is 0 Å². The van der Waals surface area contributed by atoms with E-state index >= 15 is 0 Å². The van der Waals surface area contributed by atoms with E-state index in [0.29, 0.717) is 17.9 Å². The van der Waals surface area contributed by atoms with Crippen LogP contribution in [0.4, 0.5) is 11.6 Å². The molecule has 24 heavy (non-hydrogen) atoms. The Balaban J connectivity index is 1.60. The van der Waals surface area contributed by atoms with Crippen LogP contribution in [0.1, 0.15) is 16.8 Å². The quantitative estimate of drug-likeness (QED) is 0.720. The summed E-state index contributed by atoms with van der Waals surface area (Å²) in [6.45, 7) is 6.12. The fourth-order valence-corrected chi connectivity index (χ4v) is 3.14. The van der Waals surface area contributed by atoms with E-state index in [2.05, 4.69) is 38.3 Å². The number of aryl methyl sites for hydroxylation is 1. The van der Waals surface area contributed by atoms with Crippen LogP contribution in [0.2, 0.25) is 0 Å². The first-order valence-electron chi connectivity index (χ1n) is 8.06. The van der Waals surface area contributed by atoms with Crippen LogP contribution >= 0.6 is 0 Å². The number of nitrogens with one attached hydrogen (secondary N) is 1. The first-order valence-corrected chi connectivity index (χ1v) is 8.06. The monoisotopic (exact) mass is 324 g/mol. The zero-order chi connectivity index (χ0) is 16.5. The molecular formula is C16H20N8. The Morgan fingerprint density at radius 3 is 2.79 bits per heavy atom. The van der Waals surface area contributed by atoms with Crippen LogP contribution in [0, 0.1) is 6.92 Å². The Hall–Kier alpha value is -2.74. The molecule has 1 fully saturated rings. The maximum Gasteiger partial charge on any atom is 0.196 e. The van der Waals surface area contributed by atoms with Gasteiger partial charge in [-0.1, -0.05) is 6.07 Å². The molecule has 1 aliphatic heterocycles. The van der Waals surface area contributed by atoms with Crippen LogP contribution in [0.15, 0.2) is 24.8 Å². The van der Waals surface area contributed by atoms with Crippen LogP contribution < -0.4 is 16.0 Å². The SMILES string of the molecule is Cc1cc(Cc2cnc3c(N)ncnn23)cnc1N1CCNCC1. The van der Waals surface area contributed by atoms with Gasteiger partial charge in [0.1, 0.15) is 12.1 Å². The predicted octanol–water partition coefficient (Wildman–Crippen LogP) is 0.410. The van der Waals surface area contributed by atoms with Crippen molar-refractivity contribution in [2.75, 3.05) is 36.8 Å². The predicted molar refractivity (Wildman–Crippen MR) is 92.1 cm³/mol. The number of imidazole rings is 1. The second kappa shape index (κ2) is 6.04. The molecule has 0 atom stereocenters. The highest BCUT2D eigenvalue weighted by molar-refractivity contribution is 5.59. The number of nitrogen functional groups attached to an aromatic ring is 1. The number of hydrogen-bond donors (Lipinski definition) is 2. The zero-order valence-electron chi connectivity index (χ0n) is 13.6. The van der Waals surface area contributed by atoms with E-state index in [-0.39, 0.29) is 0 Å². The molecule has 8 nitrogen and oxygen atoms in total. The molecule has 124 valence electrons. The van der Waals surface area contributed by atoms with Gasteiger partial charge in [0.05, 0.1) is 11.9 Å². The lowest BCUT2D eigenvalue weighted by Crippen LogP contribution is -2.44. The highest BCUT2D eigenvalue weighted by atomic mass is 15.3. The minimum Gasteiger partial charge on any atom is -0.381 e. The number of pyridine rings is 1. The molecule has 0 unspecified atom stereocenters. The van der Waals surface area contributed by atoms with E-state index in [1.165, 1.54) is 11.9 Å². The van der Waals surface area contributed by atoms with Gasteiger partial charge in [0.15, 0.2) is 11.5 Å². The second-order valence-corrected chi connectivity index (χ2v) is 6.03. The van der Waals surface area contributed by atoms with Crippen LogP contribution in [-0.4, -0.2) is 50.7 Å². The van der Waals surface area contributed by atoms with E-state index in [9.17, 15) is 0 Å². The molecule has 0 aliphatic carbocycles. The number of hydrogen-bond acceptors (Lipinski definition) is 7. The van der Waals surface area contributed by atoms with E-state index in [4.69, 9.17) is 10.7 Å². The standard InChI is InChI=1S/C16H20N8/c1-11-6-12(8-19-15(11)23-4-2-18-3-5-23)7-13-9-20-16-14(17)21-10-22-24(13)16/h6,8-10,18H,2-5,7H2,1H3,(H2,17,21,22). The summed E-state index contributed by atoms with van der Waals surface area (Å²) in [5.74, 6) is 1.46.